The molecule has 0 saturated carbocycles. The monoisotopic (exact) mass is 286 g/mol. The average molecular weight is 286 g/mol. The van der Waals surface area contributed by atoms with Gasteiger partial charge in [0.05, 0.1) is 10.6 Å². The van der Waals surface area contributed by atoms with E-state index in [1.54, 1.807) is 30.3 Å². The van der Waals surface area contributed by atoms with Gasteiger partial charge < -0.3 is 11.1 Å². The van der Waals surface area contributed by atoms with Crippen LogP contribution in [0, 0.1) is 10.1 Å². The number of aromatic nitrogens is 1. The van der Waals surface area contributed by atoms with Crippen molar-refractivity contribution in [3.05, 3.63) is 69.5 Å². The normalized spacial score (nSPS) is 10.1. The van der Waals surface area contributed by atoms with Crippen LogP contribution >= 0.6 is 0 Å². The minimum atomic E-state index is -0.472. The van der Waals surface area contributed by atoms with E-state index >= 15 is 0 Å². The molecule has 0 aliphatic rings. The van der Waals surface area contributed by atoms with Crippen LogP contribution in [-0.2, 0) is 13.1 Å². The van der Waals surface area contributed by atoms with Crippen LogP contribution < -0.4 is 11.1 Å². The van der Waals surface area contributed by atoms with Crippen LogP contribution in [0.2, 0.25) is 0 Å². The van der Waals surface area contributed by atoms with Crippen molar-refractivity contribution in [1.29, 1.82) is 0 Å². The summed E-state index contributed by atoms with van der Waals surface area (Å²) in [6.07, 6.45) is 1.50. The smallest absolute Gasteiger partial charge is 0.274 e. The molecule has 7 nitrogen and oxygen atoms in total. The first-order valence-electron chi connectivity index (χ1n) is 6.27. The third-order valence-electron chi connectivity index (χ3n) is 2.92. The van der Waals surface area contributed by atoms with Crippen molar-refractivity contribution in [3.8, 4) is 0 Å². The SMILES string of the molecule is NCc1cc(C(=O)NCc2ccccc2[N+](=O)[O-])ccn1. The number of amides is 1. The van der Waals surface area contributed by atoms with E-state index in [1.807, 2.05) is 0 Å². The lowest BCUT2D eigenvalue weighted by Gasteiger charge is -2.06. The molecule has 7 heteroatoms. The molecule has 2 aromatic rings. The van der Waals surface area contributed by atoms with E-state index in [9.17, 15) is 14.9 Å². The van der Waals surface area contributed by atoms with Crippen molar-refractivity contribution >= 4 is 11.6 Å². The van der Waals surface area contributed by atoms with Gasteiger partial charge in [-0.15, -0.1) is 0 Å². The highest BCUT2D eigenvalue weighted by molar-refractivity contribution is 5.94. The Balaban J connectivity index is 2.09. The van der Waals surface area contributed by atoms with Gasteiger partial charge in [-0.2, -0.15) is 0 Å². The van der Waals surface area contributed by atoms with Gasteiger partial charge in [0.2, 0.25) is 0 Å². The highest BCUT2D eigenvalue weighted by Crippen LogP contribution is 2.17. The van der Waals surface area contributed by atoms with Crippen LogP contribution in [0.4, 0.5) is 5.69 Å². The fourth-order valence-electron chi connectivity index (χ4n) is 1.85. The molecule has 0 atom stereocenters. The van der Waals surface area contributed by atoms with Gasteiger partial charge in [-0.1, -0.05) is 18.2 Å². The Morgan fingerprint density at radius 1 is 1.33 bits per heavy atom. The summed E-state index contributed by atoms with van der Waals surface area (Å²) in [6, 6.07) is 9.44. The summed E-state index contributed by atoms with van der Waals surface area (Å²) >= 11 is 0. The molecule has 1 heterocycles. The number of hydrogen-bond donors (Lipinski definition) is 2. The summed E-state index contributed by atoms with van der Waals surface area (Å²) in [5.41, 5.74) is 6.92. The molecule has 108 valence electrons. The molecule has 0 aliphatic heterocycles. The maximum Gasteiger partial charge on any atom is 0.274 e. The number of benzene rings is 1. The number of nitro groups is 1. The van der Waals surface area contributed by atoms with Crippen LogP contribution in [0.25, 0.3) is 0 Å². The minimum Gasteiger partial charge on any atom is -0.348 e. The molecule has 1 aromatic heterocycles. The van der Waals surface area contributed by atoms with Gasteiger partial charge in [0.25, 0.3) is 11.6 Å². The second-order valence-electron chi connectivity index (χ2n) is 4.31. The number of nitrogens with two attached hydrogens (primary N) is 1. The van der Waals surface area contributed by atoms with Gasteiger partial charge >= 0.3 is 0 Å². The third kappa shape index (κ3) is 3.61. The predicted octanol–water partition coefficient (Wildman–Crippen LogP) is 1.38. The summed E-state index contributed by atoms with van der Waals surface area (Å²) in [6.45, 7) is 0.321. The first-order chi connectivity index (χ1) is 10.1. The quantitative estimate of drug-likeness (QED) is 0.637. The summed E-state index contributed by atoms with van der Waals surface area (Å²) in [5, 5.41) is 13.5. The van der Waals surface area contributed by atoms with Gasteiger partial charge in [-0.05, 0) is 12.1 Å². The zero-order chi connectivity index (χ0) is 15.2. The Hall–Kier alpha value is -2.80. The average Bonchev–Trinajstić information content (AvgIpc) is 2.52. The number of pyridine rings is 1. The molecule has 3 N–H and O–H groups in total. The molecule has 0 fully saturated rings. The first-order valence-corrected chi connectivity index (χ1v) is 6.27. The number of carbonyl (C=O) groups excluding carboxylic acids is 1. The number of para-hydroxylation sites is 1. The second kappa shape index (κ2) is 6.58. The van der Waals surface area contributed by atoms with Crippen LogP contribution in [0.5, 0.6) is 0 Å². The van der Waals surface area contributed by atoms with E-state index in [0.29, 0.717) is 16.8 Å². The highest BCUT2D eigenvalue weighted by atomic mass is 16.6. The summed E-state index contributed by atoms with van der Waals surface area (Å²) in [7, 11) is 0. The molecule has 0 bridgehead atoms. The Kier molecular flexibility index (Phi) is 4.57. The Morgan fingerprint density at radius 3 is 2.81 bits per heavy atom. The van der Waals surface area contributed by atoms with Crippen LogP contribution in [0.15, 0.2) is 42.6 Å². The Morgan fingerprint density at radius 2 is 2.10 bits per heavy atom. The molecular weight excluding hydrogens is 272 g/mol. The highest BCUT2D eigenvalue weighted by Gasteiger charge is 2.13. The molecule has 0 aliphatic carbocycles. The molecular formula is C14H14N4O3. The lowest BCUT2D eigenvalue weighted by molar-refractivity contribution is -0.385. The van der Waals surface area contributed by atoms with Crippen molar-refractivity contribution in [3.63, 3.8) is 0 Å². The van der Waals surface area contributed by atoms with E-state index in [0.717, 1.165) is 0 Å². The van der Waals surface area contributed by atoms with Gasteiger partial charge in [-0.25, -0.2) is 0 Å². The lowest BCUT2D eigenvalue weighted by atomic mass is 10.1. The van der Waals surface area contributed by atoms with E-state index in [-0.39, 0.29) is 24.7 Å². The topological polar surface area (TPSA) is 111 Å². The fourth-order valence-corrected chi connectivity index (χ4v) is 1.85. The summed E-state index contributed by atoms with van der Waals surface area (Å²) in [4.78, 5) is 26.4. The maximum absolute atomic E-state index is 12.0. The third-order valence-corrected chi connectivity index (χ3v) is 2.92. The number of rotatable bonds is 5. The number of hydrogen-bond acceptors (Lipinski definition) is 5. The first kappa shape index (κ1) is 14.6. The molecule has 0 saturated heterocycles. The van der Waals surface area contributed by atoms with Crippen molar-refractivity contribution in [2.45, 2.75) is 13.1 Å². The number of nitrogens with one attached hydrogen (secondary N) is 1. The maximum atomic E-state index is 12.0. The van der Waals surface area contributed by atoms with Crippen molar-refractivity contribution in [2.75, 3.05) is 0 Å². The lowest BCUT2D eigenvalue weighted by Crippen LogP contribution is -2.23. The fraction of sp³-hybridized carbons (Fsp3) is 0.143. The molecule has 0 spiro atoms. The van der Waals surface area contributed by atoms with Crippen molar-refractivity contribution < 1.29 is 9.72 Å². The van der Waals surface area contributed by atoms with Crippen molar-refractivity contribution in [1.82, 2.24) is 10.3 Å². The molecule has 2 rings (SSSR count). The predicted molar refractivity (Wildman–Crippen MR) is 76.4 cm³/mol. The van der Waals surface area contributed by atoms with Crippen LogP contribution in [-0.4, -0.2) is 15.8 Å². The summed E-state index contributed by atoms with van der Waals surface area (Å²) < 4.78 is 0. The van der Waals surface area contributed by atoms with E-state index in [4.69, 9.17) is 5.73 Å². The van der Waals surface area contributed by atoms with Gasteiger partial charge in [-0.3, -0.25) is 19.9 Å². The van der Waals surface area contributed by atoms with E-state index < -0.39 is 4.92 Å². The van der Waals surface area contributed by atoms with Gasteiger partial charge in [0, 0.05) is 36.5 Å². The zero-order valence-electron chi connectivity index (χ0n) is 11.2. The summed E-state index contributed by atoms with van der Waals surface area (Å²) in [5.74, 6) is -0.328. The molecule has 1 aromatic carbocycles. The Labute approximate surface area is 121 Å². The molecule has 0 radical (unpaired) electrons. The van der Waals surface area contributed by atoms with Gasteiger partial charge in [0.15, 0.2) is 0 Å². The van der Waals surface area contributed by atoms with E-state index in [1.165, 1.54) is 12.3 Å². The zero-order valence-corrected chi connectivity index (χ0v) is 11.2. The molecule has 1 amide bonds. The van der Waals surface area contributed by atoms with Crippen LogP contribution in [0.1, 0.15) is 21.6 Å². The van der Waals surface area contributed by atoms with Crippen LogP contribution in [0.3, 0.4) is 0 Å². The van der Waals surface area contributed by atoms with Crippen molar-refractivity contribution in [2.24, 2.45) is 5.73 Å². The minimum absolute atomic E-state index is 0.0184. The second-order valence-corrected chi connectivity index (χ2v) is 4.31. The molecule has 21 heavy (non-hydrogen) atoms. The number of carbonyl (C=O) groups is 1. The van der Waals surface area contributed by atoms with Gasteiger partial charge in [0.1, 0.15) is 0 Å². The largest absolute Gasteiger partial charge is 0.348 e. The standard InChI is InChI=1S/C14H14N4O3/c15-8-12-7-10(5-6-16-12)14(19)17-9-11-3-1-2-4-13(11)18(20)21/h1-7H,8-9,15H2,(H,17,19). The van der Waals surface area contributed by atoms with E-state index in [2.05, 4.69) is 10.3 Å². The molecule has 0 unspecified atom stereocenters. The number of nitro benzene ring substituents is 1. The Bertz CT molecular complexity index is 673. The number of nitrogens with zero attached hydrogens (tertiary/aromatic N) is 2.